The molecule has 3 N–H and O–H groups in total. The van der Waals surface area contributed by atoms with Crippen molar-refractivity contribution in [1.29, 1.82) is 0 Å². The number of hydrogen-bond acceptors (Lipinski definition) is 4. The van der Waals surface area contributed by atoms with Crippen LogP contribution in [0.15, 0.2) is 24.9 Å². The highest BCUT2D eigenvalue weighted by atomic mass is 32.2. The Morgan fingerprint density at radius 1 is 1.48 bits per heavy atom. The maximum atomic E-state index is 12.4. The molecule has 0 bridgehead atoms. The highest BCUT2D eigenvalue weighted by molar-refractivity contribution is 7.99. The van der Waals surface area contributed by atoms with Crippen molar-refractivity contribution >= 4 is 17.9 Å². The van der Waals surface area contributed by atoms with Gasteiger partial charge in [-0.2, -0.15) is 0 Å². The van der Waals surface area contributed by atoms with Gasteiger partial charge >= 0.3 is 0 Å². The first-order chi connectivity index (χ1) is 9.99. The number of carbonyl (C=O) groups is 1. The van der Waals surface area contributed by atoms with E-state index in [1.54, 1.807) is 11.9 Å². The molecule has 1 saturated heterocycles. The molecule has 3 fully saturated rings. The van der Waals surface area contributed by atoms with Gasteiger partial charge in [0.1, 0.15) is 0 Å². The molecule has 5 heteroatoms. The van der Waals surface area contributed by atoms with Crippen LogP contribution < -0.4 is 15.4 Å². The molecule has 3 rings (SSSR count). The van der Waals surface area contributed by atoms with E-state index < -0.39 is 0 Å². The Morgan fingerprint density at radius 3 is 2.76 bits per heavy atom. The molecule has 0 aromatic carbocycles. The number of nitrogens with one attached hydrogen (secondary N) is 3. The van der Waals surface area contributed by atoms with Crippen LogP contribution in [0.5, 0.6) is 0 Å². The molecule has 0 radical (unpaired) electrons. The van der Waals surface area contributed by atoms with Gasteiger partial charge < -0.3 is 15.4 Å². The van der Waals surface area contributed by atoms with Gasteiger partial charge in [-0.25, -0.2) is 0 Å². The fourth-order valence-corrected chi connectivity index (χ4v) is 3.77. The summed E-state index contributed by atoms with van der Waals surface area (Å²) in [6.07, 6.45) is 7.32. The van der Waals surface area contributed by atoms with E-state index in [4.69, 9.17) is 0 Å². The third kappa shape index (κ3) is 2.99. The Morgan fingerprint density at radius 2 is 2.24 bits per heavy atom. The van der Waals surface area contributed by atoms with Crippen molar-refractivity contribution in [2.75, 3.05) is 6.54 Å². The maximum absolute atomic E-state index is 12.4. The summed E-state index contributed by atoms with van der Waals surface area (Å²) in [6.45, 7) is 11.3. The van der Waals surface area contributed by atoms with Crippen LogP contribution in [-0.4, -0.2) is 28.8 Å². The highest BCUT2D eigenvalue weighted by Gasteiger charge is 2.57. The van der Waals surface area contributed by atoms with Gasteiger partial charge in [0, 0.05) is 16.4 Å². The minimum absolute atomic E-state index is 0.0469. The van der Waals surface area contributed by atoms with E-state index in [2.05, 4.69) is 35.4 Å². The van der Waals surface area contributed by atoms with Crippen LogP contribution in [0.3, 0.4) is 0 Å². The van der Waals surface area contributed by atoms with E-state index in [0.29, 0.717) is 4.75 Å². The van der Waals surface area contributed by atoms with Crippen LogP contribution in [0, 0.1) is 5.92 Å². The summed E-state index contributed by atoms with van der Waals surface area (Å²) < 4.78 is 3.73. The van der Waals surface area contributed by atoms with Crippen molar-refractivity contribution in [1.82, 2.24) is 15.4 Å². The minimum Gasteiger partial charge on any atom is -0.343 e. The Bertz CT molecular complexity index is 468. The summed E-state index contributed by atoms with van der Waals surface area (Å²) in [5, 5.41) is 6.47. The molecule has 116 valence electrons. The van der Waals surface area contributed by atoms with Crippen molar-refractivity contribution in [3.63, 3.8) is 0 Å². The summed E-state index contributed by atoms with van der Waals surface area (Å²) in [5.74, 6) is 0.387. The Hall–Kier alpha value is -0.940. The van der Waals surface area contributed by atoms with Gasteiger partial charge in [0.05, 0.1) is 11.6 Å². The zero-order valence-electron chi connectivity index (χ0n) is 12.7. The van der Waals surface area contributed by atoms with E-state index >= 15 is 0 Å². The second-order valence-electron chi connectivity index (χ2n) is 6.79. The van der Waals surface area contributed by atoms with Crippen molar-refractivity contribution in [2.24, 2.45) is 5.92 Å². The van der Waals surface area contributed by atoms with Crippen LogP contribution in [0.1, 0.15) is 39.0 Å². The average Bonchev–Trinajstić information content (AvgIpc) is 3.30. The molecule has 1 heterocycles. The first kappa shape index (κ1) is 15.0. The lowest BCUT2D eigenvalue weighted by molar-refractivity contribution is -0.123. The molecular formula is C16H25N3OS. The van der Waals surface area contributed by atoms with Gasteiger partial charge in [-0.1, -0.05) is 12.7 Å². The van der Waals surface area contributed by atoms with E-state index in [0.717, 1.165) is 31.5 Å². The maximum Gasteiger partial charge on any atom is 0.237 e. The second kappa shape index (κ2) is 5.36. The van der Waals surface area contributed by atoms with E-state index in [1.165, 1.54) is 12.8 Å². The van der Waals surface area contributed by atoms with Gasteiger partial charge in [0.15, 0.2) is 0 Å². The van der Waals surface area contributed by atoms with Gasteiger partial charge in [-0.15, -0.1) is 6.58 Å². The zero-order valence-corrected chi connectivity index (χ0v) is 13.5. The summed E-state index contributed by atoms with van der Waals surface area (Å²) in [5.41, 5.74) is 0.582. The van der Waals surface area contributed by atoms with Crippen molar-refractivity contribution in [3.05, 3.63) is 24.9 Å². The molecule has 3 unspecified atom stereocenters. The lowest BCUT2D eigenvalue weighted by Crippen LogP contribution is -2.49. The summed E-state index contributed by atoms with van der Waals surface area (Å²) in [4.78, 5) is 12.4. The van der Waals surface area contributed by atoms with Gasteiger partial charge in [0.25, 0.3) is 0 Å². The third-order valence-corrected chi connectivity index (χ3v) is 6.19. The second-order valence-corrected chi connectivity index (χ2v) is 8.18. The summed E-state index contributed by atoms with van der Waals surface area (Å²) >= 11 is 1.74. The molecule has 2 aliphatic carbocycles. The van der Waals surface area contributed by atoms with E-state index in [9.17, 15) is 4.79 Å². The molecule has 2 saturated carbocycles. The normalized spacial score (nSPS) is 35.9. The number of amides is 1. The van der Waals surface area contributed by atoms with E-state index in [1.807, 2.05) is 6.08 Å². The lowest BCUT2D eigenvalue weighted by Gasteiger charge is -2.25. The molecule has 0 spiro atoms. The minimum atomic E-state index is -0.332. The van der Waals surface area contributed by atoms with Gasteiger partial charge in [-0.3, -0.25) is 4.79 Å². The fourth-order valence-electron chi connectivity index (χ4n) is 2.91. The third-order valence-electron chi connectivity index (χ3n) is 4.94. The number of hydrogen-bond donors (Lipinski definition) is 3. The number of carbonyl (C=O) groups excluding carboxylic acids is 1. The molecule has 0 aromatic rings. The van der Waals surface area contributed by atoms with Crippen molar-refractivity contribution < 1.29 is 4.79 Å². The van der Waals surface area contributed by atoms with Crippen LogP contribution >= 0.6 is 11.9 Å². The van der Waals surface area contributed by atoms with Crippen LogP contribution in [0.2, 0.25) is 0 Å². The number of rotatable bonds is 7. The lowest BCUT2D eigenvalue weighted by atomic mass is 10.1. The molecule has 1 amide bonds. The standard InChI is InChI=1S/C16H25N3OS/c1-4-12-10-16(12,11(2)19-21-15(3)7-8-15)18-14(20)13-6-5-9-17-13/h4,12-13,17,19H,1-2,5-10H2,3H3,(H,18,20). The first-order valence-corrected chi connectivity index (χ1v) is 8.62. The zero-order chi connectivity index (χ0) is 15.1. The molecule has 3 aliphatic rings. The fraction of sp³-hybridized carbons (Fsp3) is 0.688. The van der Waals surface area contributed by atoms with Crippen LogP contribution in [0.4, 0.5) is 0 Å². The molecular weight excluding hydrogens is 282 g/mol. The molecule has 0 aromatic heterocycles. The van der Waals surface area contributed by atoms with Crippen LogP contribution in [0.25, 0.3) is 0 Å². The largest absolute Gasteiger partial charge is 0.343 e. The van der Waals surface area contributed by atoms with Crippen molar-refractivity contribution in [2.45, 2.75) is 55.4 Å². The van der Waals surface area contributed by atoms with Crippen molar-refractivity contribution in [3.8, 4) is 0 Å². The Balaban J connectivity index is 1.60. The Labute approximate surface area is 131 Å². The molecule has 3 atom stereocenters. The quantitative estimate of drug-likeness (QED) is 0.498. The average molecular weight is 307 g/mol. The van der Waals surface area contributed by atoms with Crippen LogP contribution in [-0.2, 0) is 4.79 Å². The van der Waals surface area contributed by atoms with Gasteiger partial charge in [0.2, 0.25) is 5.91 Å². The summed E-state index contributed by atoms with van der Waals surface area (Å²) in [6, 6.07) is -0.0469. The predicted octanol–water partition coefficient (Wildman–Crippen LogP) is 2.10. The van der Waals surface area contributed by atoms with E-state index in [-0.39, 0.29) is 23.4 Å². The first-order valence-electron chi connectivity index (χ1n) is 7.80. The molecule has 21 heavy (non-hydrogen) atoms. The predicted molar refractivity (Wildman–Crippen MR) is 87.7 cm³/mol. The smallest absolute Gasteiger partial charge is 0.237 e. The highest BCUT2D eigenvalue weighted by Crippen LogP contribution is 2.51. The summed E-state index contributed by atoms with van der Waals surface area (Å²) in [7, 11) is 0. The molecule has 4 nitrogen and oxygen atoms in total. The molecule has 1 aliphatic heterocycles. The SMILES string of the molecule is C=CC1CC1(NC(=O)C1CCCN1)C(=C)NSC1(C)CC1. The monoisotopic (exact) mass is 307 g/mol. The topological polar surface area (TPSA) is 53.2 Å². The van der Waals surface area contributed by atoms with Gasteiger partial charge in [-0.05, 0) is 57.5 Å². The Kier molecular flexibility index (Phi) is 3.82.